The minimum atomic E-state index is -0.930. The van der Waals surface area contributed by atoms with Crippen molar-refractivity contribution in [1.82, 2.24) is 4.90 Å². The molecule has 5 nitrogen and oxygen atoms in total. The molecule has 2 heterocycles. The van der Waals surface area contributed by atoms with Gasteiger partial charge in [-0.05, 0) is 25.5 Å². The molecule has 0 saturated carbocycles. The zero-order chi connectivity index (χ0) is 15.0. The Bertz CT molecular complexity index is 564. The van der Waals surface area contributed by atoms with Crippen molar-refractivity contribution in [3.8, 4) is 5.75 Å². The number of rotatable bonds is 5. The van der Waals surface area contributed by atoms with Crippen LogP contribution < -0.4 is 4.74 Å². The number of ether oxygens (including phenoxy) is 1. The van der Waals surface area contributed by atoms with E-state index in [-0.39, 0.29) is 11.3 Å². The highest BCUT2D eigenvalue weighted by atomic mass is 32.2. The lowest BCUT2D eigenvalue weighted by Gasteiger charge is -2.37. The van der Waals surface area contributed by atoms with Crippen LogP contribution in [0.2, 0.25) is 0 Å². The molecule has 1 aromatic carbocycles. The normalized spacial score (nSPS) is 30.7. The number of carbonyl (C=O) groups is 2. The van der Waals surface area contributed by atoms with E-state index in [1.54, 1.807) is 11.8 Å². The lowest BCUT2D eigenvalue weighted by Crippen LogP contribution is -2.57. The van der Waals surface area contributed by atoms with Gasteiger partial charge >= 0.3 is 5.97 Å². The second-order valence-electron chi connectivity index (χ2n) is 5.54. The van der Waals surface area contributed by atoms with Gasteiger partial charge in [0.1, 0.15) is 11.8 Å². The Morgan fingerprint density at radius 1 is 1.48 bits per heavy atom. The van der Waals surface area contributed by atoms with E-state index in [2.05, 4.69) is 0 Å². The maximum absolute atomic E-state index is 11.6. The van der Waals surface area contributed by atoms with Gasteiger partial charge in [-0.25, -0.2) is 4.79 Å². The Labute approximate surface area is 127 Å². The molecule has 0 spiro atoms. The fourth-order valence-corrected chi connectivity index (χ4v) is 4.69. The molecule has 3 atom stereocenters. The topological polar surface area (TPSA) is 66.8 Å². The fourth-order valence-electron chi connectivity index (χ4n) is 2.94. The summed E-state index contributed by atoms with van der Waals surface area (Å²) >= 11 is 1.58. The molecule has 1 aromatic rings. The molecular weight excluding hydrogens is 290 g/mol. The number of carboxylic acid groups (broad SMARTS) is 1. The minimum absolute atomic E-state index is 0.0142. The third-order valence-corrected chi connectivity index (χ3v) is 5.69. The first-order valence-electron chi connectivity index (χ1n) is 6.91. The van der Waals surface area contributed by atoms with E-state index >= 15 is 0 Å². The number of amides is 1. The summed E-state index contributed by atoms with van der Waals surface area (Å²) in [4.78, 5) is 24.7. The summed E-state index contributed by atoms with van der Waals surface area (Å²) in [6, 6.07) is 8.69. The monoisotopic (exact) mass is 307 g/mol. The van der Waals surface area contributed by atoms with E-state index in [1.807, 2.05) is 37.3 Å². The van der Waals surface area contributed by atoms with Crippen molar-refractivity contribution in [2.45, 2.75) is 35.9 Å². The summed E-state index contributed by atoms with van der Waals surface area (Å²) in [5.74, 6) is -0.219. The van der Waals surface area contributed by atoms with Crippen LogP contribution in [-0.2, 0) is 9.59 Å². The van der Waals surface area contributed by atoms with Crippen LogP contribution in [-0.4, -0.2) is 44.7 Å². The minimum Gasteiger partial charge on any atom is -0.494 e. The lowest BCUT2D eigenvalue weighted by molar-refractivity contribution is -0.157. The van der Waals surface area contributed by atoms with Crippen molar-refractivity contribution in [3.05, 3.63) is 30.3 Å². The second kappa shape index (κ2) is 5.26. The van der Waals surface area contributed by atoms with E-state index in [9.17, 15) is 14.7 Å². The lowest BCUT2D eigenvalue weighted by atomic mass is 9.94. The number of hydrogen-bond donors (Lipinski definition) is 1. The molecule has 0 bridgehead atoms. The van der Waals surface area contributed by atoms with E-state index in [1.165, 1.54) is 4.90 Å². The summed E-state index contributed by atoms with van der Waals surface area (Å²) in [5.41, 5.74) is 0. The Kier molecular flexibility index (Phi) is 3.57. The van der Waals surface area contributed by atoms with E-state index in [0.717, 1.165) is 5.75 Å². The molecule has 2 aliphatic rings. The Morgan fingerprint density at radius 3 is 2.81 bits per heavy atom. The fraction of sp³-hybridized carbons (Fsp3) is 0.467. The predicted molar refractivity (Wildman–Crippen MR) is 79.2 cm³/mol. The van der Waals surface area contributed by atoms with Gasteiger partial charge in [0.05, 0.1) is 18.4 Å². The Hall–Kier alpha value is -1.69. The van der Waals surface area contributed by atoms with Crippen LogP contribution in [0.3, 0.4) is 0 Å². The van der Waals surface area contributed by atoms with Crippen LogP contribution in [0, 0.1) is 0 Å². The number of para-hydroxylation sites is 1. The van der Waals surface area contributed by atoms with Gasteiger partial charge in [-0.15, -0.1) is 11.8 Å². The first-order valence-corrected chi connectivity index (χ1v) is 7.79. The largest absolute Gasteiger partial charge is 0.494 e. The predicted octanol–water partition coefficient (Wildman–Crippen LogP) is 1.97. The number of nitrogens with zero attached hydrogens (tertiary/aromatic N) is 1. The van der Waals surface area contributed by atoms with E-state index in [4.69, 9.17) is 4.74 Å². The summed E-state index contributed by atoms with van der Waals surface area (Å²) in [5, 5.41) is 9.47. The Morgan fingerprint density at radius 2 is 2.19 bits per heavy atom. The molecule has 2 fully saturated rings. The number of thioether (sulfide) groups is 1. The van der Waals surface area contributed by atoms with Gasteiger partial charge in [-0.1, -0.05) is 18.2 Å². The smallest absolute Gasteiger partial charge is 0.327 e. The standard InChI is InChI=1S/C15H17NO4S/c1-15(7-8-20-10-5-3-2-4-6-10)13(14(18)19)16-11(17)9-12(16)21-15/h2-6,12-13H,7-9H2,1H3,(H,18,19)/t12-,13+,15?/m1/s1. The van der Waals surface area contributed by atoms with Crippen molar-refractivity contribution >= 4 is 23.6 Å². The summed E-state index contributed by atoms with van der Waals surface area (Å²) in [7, 11) is 0. The molecule has 1 unspecified atom stereocenters. The molecule has 2 aliphatic heterocycles. The molecule has 21 heavy (non-hydrogen) atoms. The zero-order valence-corrected chi connectivity index (χ0v) is 12.5. The first-order chi connectivity index (χ1) is 10.0. The van der Waals surface area contributed by atoms with Gasteiger partial charge < -0.3 is 14.7 Å². The number of aliphatic carboxylic acids is 1. The maximum atomic E-state index is 11.6. The molecular formula is C15H17NO4S. The summed E-state index contributed by atoms with van der Waals surface area (Å²) < 4.78 is 5.17. The molecule has 0 aliphatic carbocycles. The number of carbonyl (C=O) groups excluding carboxylic acids is 1. The zero-order valence-electron chi connectivity index (χ0n) is 11.7. The first kappa shape index (κ1) is 14.3. The number of benzene rings is 1. The van der Waals surface area contributed by atoms with Crippen molar-refractivity contribution in [1.29, 1.82) is 0 Å². The Balaban J connectivity index is 1.65. The number of β-lactam (4-membered cyclic amide) rings is 1. The molecule has 3 rings (SSSR count). The quantitative estimate of drug-likeness (QED) is 0.843. The van der Waals surface area contributed by atoms with Gasteiger partial charge in [0, 0.05) is 4.75 Å². The number of fused-ring (bicyclic) bond motifs is 1. The second-order valence-corrected chi connectivity index (χ2v) is 7.26. The van der Waals surface area contributed by atoms with Gasteiger partial charge in [0.25, 0.3) is 0 Å². The molecule has 1 N–H and O–H groups in total. The van der Waals surface area contributed by atoms with Gasteiger partial charge in [0.2, 0.25) is 5.91 Å². The number of carboxylic acids is 1. The highest BCUT2D eigenvalue weighted by Crippen LogP contribution is 2.52. The highest BCUT2D eigenvalue weighted by Gasteiger charge is 2.60. The molecule has 1 amide bonds. The highest BCUT2D eigenvalue weighted by molar-refractivity contribution is 8.01. The average molecular weight is 307 g/mol. The van der Waals surface area contributed by atoms with Crippen LogP contribution in [0.25, 0.3) is 0 Å². The van der Waals surface area contributed by atoms with Crippen molar-refractivity contribution in [2.75, 3.05) is 6.61 Å². The average Bonchev–Trinajstić information content (AvgIpc) is 2.68. The molecule has 0 aromatic heterocycles. The van der Waals surface area contributed by atoms with Crippen LogP contribution in [0.15, 0.2) is 30.3 Å². The van der Waals surface area contributed by atoms with E-state index in [0.29, 0.717) is 19.4 Å². The van der Waals surface area contributed by atoms with Gasteiger partial charge in [-0.2, -0.15) is 0 Å². The molecule has 6 heteroatoms. The molecule has 0 radical (unpaired) electrons. The molecule has 112 valence electrons. The third-order valence-electron chi connectivity index (χ3n) is 4.05. The van der Waals surface area contributed by atoms with Crippen molar-refractivity contribution < 1.29 is 19.4 Å². The summed E-state index contributed by atoms with van der Waals surface area (Å²) in [6.45, 7) is 2.35. The summed E-state index contributed by atoms with van der Waals surface area (Å²) in [6.07, 6.45) is 1.04. The van der Waals surface area contributed by atoms with Crippen molar-refractivity contribution in [2.24, 2.45) is 0 Å². The van der Waals surface area contributed by atoms with Gasteiger partial charge in [-0.3, -0.25) is 4.79 Å². The van der Waals surface area contributed by atoms with Crippen LogP contribution in [0.4, 0.5) is 0 Å². The number of hydrogen-bond acceptors (Lipinski definition) is 4. The maximum Gasteiger partial charge on any atom is 0.327 e. The van der Waals surface area contributed by atoms with Crippen LogP contribution >= 0.6 is 11.8 Å². The van der Waals surface area contributed by atoms with Crippen LogP contribution in [0.1, 0.15) is 19.8 Å². The third kappa shape index (κ3) is 2.48. The SMILES string of the molecule is CC1(CCOc2ccccc2)S[C@@H]2CC(=O)N2[C@H]1C(=O)O. The van der Waals surface area contributed by atoms with Gasteiger partial charge in [0.15, 0.2) is 0 Å². The van der Waals surface area contributed by atoms with Crippen LogP contribution in [0.5, 0.6) is 5.75 Å². The van der Waals surface area contributed by atoms with E-state index < -0.39 is 16.8 Å². The van der Waals surface area contributed by atoms with Crippen molar-refractivity contribution in [3.63, 3.8) is 0 Å². The molecule has 2 saturated heterocycles.